The largest absolute Gasteiger partial charge is 0.496 e. The van der Waals surface area contributed by atoms with E-state index in [1.807, 2.05) is 30.3 Å². The molecule has 4 rings (SSSR count). The van der Waals surface area contributed by atoms with Gasteiger partial charge in [-0.2, -0.15) is 0 Å². The fourth-order valence-corrected chi connectivity index (χ4v) is 3.80. The molecular formula is C27H25NO6. The minimum absolute atomic E-state index is 0.0353. The van der Waals surface area contributed by atoms with Gasteiger partial charge in [-0.1, -0.05) is 18.2 Å². The highest BCUT2D eigenvalue weighted by atomic mass is 16.5. The van der Waals surface area contributed by atoms with Crippen LogP contribution in [0.25, 0.3) is 11.1 Å². The van der Waals surface area contributed by atoms with E-state index in [9.17, 15) is 9.59 Å². The summed E-state index contributed by atoms with van der Waals surface area (Å²) in [6.07, 6.45) is 3.19. The Morgan fingerprint density at radius 3 is 1.97 bits per heavy atom. The summed E-state index contributed by atoms with van der Waals surface area (Å²) >= 11 is 0. The molecule has 1 N–H and O–H groups in total. The van der Waals surface area contributed by atoms with Crippen molar-refractivity contribution in [2.24, 2.45) is 0 Å². The van der Waals surface area contributed by atoms with Gasteiger partial charge in [-0.05, 0) is 55.3 Å². The number of anilines is 1. The fraction of sp³-hybridized carbons (Fsp3) is 0.185. The van der Waals surface area contributed by atoms with Gasteiger partial charge in [0.25, 0.3) is 5.91 Å². The van der Waals surface area contributed by atoms with Crippen molar-refractivity contribution >= 4 is 17.4 Å². The minimum Gasteiger partial charge on any atom is -0.496 e. The third-order valence-electron chi connectivity index (χ3n) is 5.68. The summed E-state index contributed by atoms with van der Waals surface area (Å²) in [5.41, 5.74) is 4.11. The van der Waals surface area contributed by atoms with Crippen LogP contribution >= 0.6 is 0 Å². The monoisotopic (exact) mass is 459 g/mol. The average molecular weight is 459 g/mol. The number of amides is 1. The molecule has 0 unspecified atom stereocenters. The number of hydrogen-bond donors (Lipinski definition) is 1. The highest BCUT2D eigenvalue weighted by Gasteiger charge is 2.17. The van der Waals surface area contributed by atoms with Gasteiger partial charge < -0.3 is 23.6 Å². The fourth-order valence-electron chi connectivity index (χ4n) is 3.80. The lowest BCUT2D eigenvalue weighted by molar-refractivity contribution is 0.0988. The number of furan rings is 2. The van der Waals surface area contributed by atoms with E-state index < -0.39 is 0 Å². The molecule has 0 fully saturated rings. The molecule has 0 saturated carbocycles. The lowest BCUT2D eigenvalue weighted by atomic mass is 9.98. The van der Waals surface area contributed by atoms with Gasteiger partial charge in [0.1, 0.15) is 23.0 Å². The maximum Gasteiger partial charge on any atom is 0.259 e. The normalized spacial score (nSPS) is 10.7. The van der Waals surface area contributed by atoms with E-state index in [1.54, 1.807) is 46.3 Å². The molecule has 0 spiro atoms. The Balaban J connectivity index is 1.57. The number of aryl methyl sites for hydroxylation is 2. The van der Waals surface area contributed by atoms with Crippen LogP contribution in [0.4, 0.5) is 5.69 Å². The summed E-state index contributed by atoms with van der Waals surface area (Å²) in [6, 6.07) is 14.5. The molecule has 174 valence electrons. The Hall–Kier alpha value is -4.26. The third kappa shape index (κ3) is 4.59. The molecule has 0 atom stereocenters. The summed E-state index contributed by atoms with van der Waals surface area (Å²) in [4.78, 5) is 25.2. The van der Waals surface area contributed by atoms with Crippen molar-refractivity contribution in [2.75, 3.05) is 19.5 Å². The Morgan fingerprint density at radius 1 is 0.794 bits per heavy atom. The van der Waals surface area contributed by atoms with E-state index in [0.717, 1.165) is 16.7 Å². The van der Waals surface area contributed by atoms with E-state index in [1.165, 1.54) is 12.5 Å². The molecule has 0 aliphatic carbocycles. The van der Waals surface area contributed by atoms with Crippen LogP contribution in [0.2, 0.25) is 0 Å². The molecule has 0 saturated heterocycles. The molecular weight excluding hydrogens is 434 g/mol. The van der Waals surface area contributed by atoms with Crippen molar-refractivity contribution in [1.82, 2.24) is 0 Å². The number of hydrogen-bond acceptors (Lipinski definition) is 6. The summed E-state index contributed by atoms with van der Waals surface area (Å²) in [7, 11) is 3.12. The van der Waals surface area contributed by atoms with Crippen LogP contribution in [-0.2, 0) is 6.42 Å². The van der Waals surface area contributed by atoms with Crippen molar-refractivity contribution in [1.29, 1.82) is 0 Å². The molecule has 7 nitrogen and oxygen atoms in total. The SMILES string of the molecule is COc1cc(-c2ccc(NC(=O)c3ccoc3C)c(OC)c2)ccc1CC(=O)c1ccoc1C. The quantitative estimate of drug-likeness (QED) is 0.332. The second kappa shape index (κ2) is 9.70. The molecule has 4 aromatic rings. The van der Waals surface area contributed by atoms with Gasteiger partial charge in [-0.15, -0.1) is 0 Å². The number of ether oxygens (including phenoxy) is 2. The predicted octanol–water partition coefficient (Wildman–Crippen LogP) is 5.85. The van der Waals surface area contributed by atoms with Crippen molar-refractivity contribution in [3.8, 4) is 22.6 Å². The zero-order valence-electron chi connectivity index (χ0n) is 19.4. The van der Waals surface area contributed by atoms with Crippen LogP contribution in [0.5, 0.6) is 11.5 Å². The third-order valence-corrected chi connectivity index (χ3v) is 5.68. The Kier molecular flexibility index (Phi) is 6.54. The smallest absolute Gasteiger partial charge is 0.259 e. The number of nitrogens with one attached hydrogen (secondary N) is 1. The minimum atomic E-state index is -0.277. The first kappa shape index (κ1) is 22.9. The number of Topliss-reactive ketones (excluding diaryl/α,β-unsaturated/α-hetero) is 1. The topological polar surface area (TPSA) is 90.9 Å². The molecule has 2 aromatic heterocycles. The molecule has 0 bridgehead atoms. The van der Waals surface area contributed by atoms with E-state index in [-0.39, 0.29) is 18.1 Å². The van der Waals surface area contributed by atoms with E-state index >= 15 is 0 Å². The van der Waals surface area contributed by atoms with Crippen molar-refractivity contribution in [3.63, 3.8) is 0 Å². The zero-order chi connectivity index (χ0) is 24.2. The highest BCUT2D eigenvalue weighted by Crippen LogP contribution is 2.34. The lowest BCUT2D eigenvalue weighted by Gasteiger charge is -2.14. The van der Waals surface area contributed by atoms with Crippen LogP contribution in [0.1, 0.15) is 37.8 Å². The number of benzene rings is 2. The van der Waals surface area contributed by atoms with Gasteiger partial charge >= 0.3 is 0 Å². The van der Waals surface area contributed by atoms with Gasteiger partial charge in [0.2, 0.25) is 0 Å². The van der Waals surface area contributed by atoms with E-state index in [2.05, 4.69) is 5.32 Å². The van der Waals surface area contributed by atoms with E-state index in [4.69, 9.17) is 18.3 Å². The predicted molar refractivity (Wildman–Crippen MR) is 128 cm³/mol. The molecule has 2 heterocycles. The van der Waals surface area contributed by atoms with Gasteiger partial charge in [-0.3, -0.25) is 9.59 Å². The number of rotatable bonds is 8. The second-order valence-electron chi connectivity index (χ2n) is 7.78. The van der Waals surface area contributed by atoms with Gasteiger partial charge in [0.05, 0.1) is 43.6 Å². The summed E-state index contributed by atoms with van der Waals surface area (Å²) < 4.78 is 21.5. The Morgan fingerprint density at radius 2 is 1.38 bits per heavy atom. The molecule has 0 aliphatic heterocycles. The van der Waals surface area contributed by atoms with E-state index in [0.29, 0.717) is 39.8 Å². The van der Waals surface area contributed by atoms with Crippen molar-refractivity contribution in [2.45, 2.75) is 20.3 Å². The second-order valence-corrected chi connectivity index (χ2v) is 7.78. The maximum absolute atomic E-state index is 12.7. The van der Waals surface area contributed by atoms with Gasteiger partial charge in [0, 0.05) is 12.0 Å². The van der Waals surface area contributed by atoms with Crippen LogP contribution in [0.3, 0.4) is 0 Å². The number of ketones is 1. The first-order chi connectivity index (χ1) is 16.4. The number of carbonyl (C=O) groups excluding carboxylic acids is 2. The molecule has 0 radical (unpaired) electrons. The van der Waals surface area contributed by atoms with Crippen molar-refractivity contribution in [3.05, 3.63) is 89.3 Å². The Labute approximate surface area is 197 Å². The van der Waals surface area contributed by atoms with Crippen LogP contribution in [0.15, 0.2) is 69.9 Å². The molecule has 0 aliphatic rings. The van der Waals surface area contributed by atoms with Crippen LogP contribution in [-0.4, -0.2) is 25.9 Å². The maximum atomic E-state index is 12.7. The summed E-state index contributed by atoms with van der Waals surface area (Å²) in [5, 5.41) is 2.86. The molecule has 2 aromatic carbocycles. The lowest BCUT2D eigenvalue weighted by Crippen LogP contribution is -2.12. The molecule has 34 heavy (non-hydrogen) atoms. The zero-order valence-corrected chi connectivity index (χ0v) is 19.4. The average Bonchev–Trinajstić information content (AvgIpc) is 3.47. The summed E-state index contributed by atoms with van der Waals surface area (Å²) in [6.45, 7) is 3.50. The number of methoxy groups -OCH3 is 2. The number of carbonyl (C=O) groups is 2. The standard InChI is InChI=1S/C27H25NO6/c1-16-21(9-11-33-16)24(29)13-20-6-5-18(14-25(20)31-3)19-7-8-23(26(15-19)32-4)28-27(30)22-10-12-34-17(22)2/h5-12,14-15H,13H2,1-4H3,(H,28,30). The molecule has 1 amide bonds. The highest BCUT2D eigenvalue weighted by molar-refractivity contribution is 6.05. The Bertz CT molecular complexity index is 1240. The van der Waals surface area contributed by atoms with Gasteiger partial charge in [-0.25, -0.2) is 0 Å². The first-order valence-corrected chi connectivity index (χ1v) is 10.7. The van der Waals surface area contributed by atoms with Gasteiger partial charge in [0.15, 0.2) is 5.78 Å². The van der Waals surface area contributed by atoms with Crippen LogP contribution < -0.4 is 14.8 Å². The molecule has 7 heteroatoms. The summed E-state index contributed by atoms with van der Waals surface area (Å²) in [5.74, 6) is 1.96. The first-order valence-electron chi connectivity index (χ1n) is 10.7. The van der Waals surface area contributed by atoms with Crippen molar-refractivity contribution < 1.29 is 27.9 Å². The van der Waals surface area contributed by atoms with Crippen LogP contribution in [0, 0.1) is 13.8 Å².